The average Bonchev–Trinajstić information content (AvgIpc) is 2.52. The van der Waals surface area contributed by atoms with Gasteiger partial charge in [-0.15, -0.1) is 0 Å². The van der Waals surface area contributed by atoms with E-state index in [2.05, 4.69) is 78.3 Å². The second kappa shape index (κ2) is 12.3. The molecule has 0 amide bonds. The van der Waals surface area contributed by atoms with Crippen LogP contribution in [0.15, 0.2) is 0 Å². The largest absolute Gasteiger partial charge is 0.314 e. The fourth-order valence-corrected chi connectivity index (χ4v) is 3.17. The van der Waals surface area contributed by atoms with Crippen LogP contribution in [0.2, 0.25) is 0 Å². The Bertz CT molecular complexity index is 327. The molecular weight excluding hydrogens is 306 g/mol. The Balaban J connectivity index is 4.57. The Labute approximate surface area is 159 Å². The molecule has 0 aliphatic rings. The molecule has 0 aliphatic carbocycles. The van der Waals surface area contributed by atoms with Gasteiger partial charge in [-0.05, 0) is 79.3 Å². The van der Waals surface area contributed by atoms with Crippen molar-refractivity contribution in [1.29, 1.82) is 0 Å². The fourth-order valence-electron chi connectivity index (χ4n) is 3.17. The van der Waals surface area contributed by atoms with E-state index < -0.39 is 0 Å². The molecule has 0 aliphatic heterocycles. The molecule has 0 heterocycles. The molecule has 3 heteroatoms. The fraction of sp³-hybridized carbons (Fsp3) is 1.00. The predicted molar refractivity (Wildman–Crippen MR) is 114 cm³/mol. The average molecular weight is 356 g/mol. The number of rotatable bonds is 15. The molecule has 0 saturated heterocycles. The Morgan fingerprint density at radius 1 is 0.840 bits per heavy atom. The second-order valence-corrected chi connectivity index (χ2v) is 9.41. The van der Waals surface area contributed by atoms with Gasteiger partial charge < -0.3 is 16.0 Å². The molecule has 3 nitrogen and oxygen atoms in total. The first-order chi connectivity index (χ1) is 11.5. The van der Waals surface area contributed by atoms with Crippen molar-refractivity contribution in [1.82, 2.24) is 16.0 Å². The summed E-state index contributed by atoms with van der Waals surface area (Å²) in [5, 5.41) is 11.4. The Hall–Kier alpha value is -0.120. The molecule has 3 unspecified atom stereocenters. The zero-order chi connectivity index (χ0) is 19.5. The third kappa shape index (κ3) is 12.0. The van der Waals surface area contributed by atoms with Crippen molar-refractivity contribution in [3.05, 3.63) is 0 Å². The summed E-state index contributed by atoms with van der Waals surface area (Å²) in [7, 11) is 0. The van der Waals surface area contributed by atoms with Gasteiger partial charge in [-0.3, -0.25) is 0 Å². The molecule has 0 radical (unpaired) electrons. The van der Waals surface area contributed by atoms with Gasteiger partial charge >= 0.3 is 0 Å². The van der Waals surface area contributed by atoms with Gasteiger partial charge in [0.25, 0.3) is 0 Å². The van der Waals surface area contributed by atoms with E-state index in [0.29, 0.717) is 18.0 Å². The minimum Gasteiger partial charge on any atom is -0.314 e. The van der Waals surface area contributed by atoms with Gasteiger partial charge in [0.2, 0.25) is 0 Å². The summed E-state index contributed by atoms with van der Waals surface area (Å²) in [6.45, 7) is 23.0. The summed E-state index contributed by atoms with van der Waals surface area (Å²) < 4.78 is 0. The molecule has 0 aromatic rings. The summed E-state index contributed by atoms with van der Waals surface area (Å²) in [5.41, 5.74) is 0.354. The van der Waals surface area contributed by atoms with Gasteiger partial charge in [-0.25, -0.2) is 0 Å². The molecule has 0 bridgehead atoms. The molecule has 0 rings (SSSR count). The standard InChI is InChI=1S/C22H49N3/c1-10-12-13-19(5)23-16-14-22(9,25-21(7,8)11-2)15-17-24-20(6)18(3)4/h18-20,23-25H,10-17H2,1-9H3. The summed E-state index contributed by atoms with van der Waals surface area (Å²) in [5.74, 6) is 0.687. The molecule has 0 spiro atoms. The maximum atomic E-state index is 3.96. The monoisotopic (exact) mass is 355 g/mol. The summed E-state index contributed by atoms with van der Waals surface area (Å²) in [6, 6.07) is 1.21. The molecular formula is C22H49N3. The third-order valence-corrected chi connectivity index (χ3v) is 5.83. The van der Waals surface area contributed by atoms with E-state index in [1.54, 1.807) is 0 Å². The van der Waals surface area contributed by atoms with Crippen LogP contribution in [0.1, 0.15) is 101 Å². The zero-order valence-corrected chi connectivity index (χ0v) is 18.9. The summed E-state index contributed by atoms with van der Waals surface area (Å²) >= 11 is 0. The molecule has 0 fully saturated rings. The highest BCUT2D eigenvalue weighted by Crippen LogP contribution is 2.21. The van der Waals surface area contributed by atoms with Crippen LogP contribution in [0, 0.1) is 5.92 Å². The van der Waals surface area contributed by atoms with Crippen molar-refractivity contribution in [2.45, 2.75) is 124 Å². The Kier molecular flexibility index (Phi) is 12.2. The molecule has 0 saturated carbocycles. The van der Waals surface area contributed by atoms with E-state index in [-0.39, 0.29) is 11.1 Å². The molecule has 3 atom stereocenters. The second-order valence-electron chi connectivity index (χ2n) is 9.41. The lowest BCUT2D eigenvalue weighted by molar-refractivity contribution is 0.208. The maximum absolute atomic E-state index is 3.96. The summed E-state index contributed by atoms with van der Waals surface area (Å²) in [6.07, 6.45) is 7.38. The SMILES string of the molecule is CCCCC(C)NCCC(C)(CCNC(C)C(C)C)NC(C)(C)CC. The minimum absolute atomic E-state index is 0.167. The highest BCUT2D eigenvalue weighted by molar-refractivity contribution is 4.92. The van der Waals surface area contributed by atoms with E-state index in [1.807, 2.05) is 0 Å². The van der Waals surface area contributed by atoms with Crippen molar-refractivity contribution in [2.75, 3.05) is 13.1 Å². The lowest BCUT2D eigenvalue weighted by atomic mass is 9.88. The van der Waals surface area contributed by atoms with Crippen molar-refractivity contribution >= 4 is 0 Å². The van der Waals surface area contributed by atoms with Crippen LogP contribution in [-0.4, -0.2) is 36.3 Å². The third-order valence-electron chi connectivity index (χ3n) is 5.83. The van der Waals surface area contributed by atoms with Crippen LogP contribution in [0.5, 0.6) is 0 Å². The topological polar surface area (TPSA) is 36.1 Å². The van der Waals surface area contributed by atoms with Crippen molar-refractivity contribution in [3.8, 4) is 0 Å². The van der Waals surface area contributed by atoms with Crippen LogP contribution in [0.25, 0.3) is 0 Å². The van der Waals surface area contributed by atoms with Crippen LogP contribution >= 0.6 is 0 Å². The number of nitrogens with one attached hydrogen (secondary N) is 3. The van der Waals surface area contributed by atoms with Gasteiger partial charge in [0, 0.05) is 23.2 Å². The van der Waals surface area contributed by atoms with Crippen LogP contribution < -0.4 is 16.0 Å². The quantitative estimate of drug-likeness (QED) is 0.382. The minimum atomic E-state index is 0.167. The smallest absolute Gasteiger partial charge is 0.0182 e. The van der Waals surface area contributed by atoms with E-state index in [4.69, 9.17) is 0 Å². The highest BCUT2D eigenvalue weighted by Gasteiger charge is 2.30. The van der Waals surface area contributed by atoms with E-state index >= 15 is 0 Å². The lowest BCUT2D eigenvalue weighted by Crippen LogP contribution is -2.56. The van der Waals surface area contributed by atoms with Crippen molar-refractivity contribution in [3.63, 3.8) is 0 Å². The number of unbranched alkanes of at least 4 members (excludes halogenated alkanes) is 1. The normalized spacial score (nSPS) is 17.5. The van der Waals surface area contributed by atoms with Gasteiger partial charge in [0.1, 0.15) is 0 Å². The van der Waals surface area contributed by atoms with E-state index in [9.17, 15) is 0 Å². The van der Waals surface area contributed by atoms with Gasteiger partial charge in [0.15, 0.2) is 0 Å². The molecule has 0 aromatic heterocycles. The Morgan fingerprint density at radius 3 is 1.88 bits per heavy atom. The van der Waals surface area contributed by atoms with Crippen LogP contribution in [0.4, 0.5) is 0 Å². The lowest BCUT2D eigenvalue weighted by Gasteiger charge is -2.40. The van der Waals surface area contributed by atoms with E-state index in [1.165, 1.54) is 32.1 Å². The molecule has 3 N–H and O–H groups in total. The molecule has 152 valence electrons. The summed E-state index contributed by atoms with van der Waals surface area (Å²) in [4.78, 5) is 0. The first-order valence-corrected chi connectivity index (χ1v) is 10.8. The van der Waals surface area contributed by atoms with Gasteiger partial charge in [0.05, 0.1) is 0 Å². The molecule has 25 heavy (non-hydrogen) atoms. The Morgan fingerprint density at radius 2 is 1.40 bits per heavy atom. The number of hydrogen-bond donors (Lipinski definition) is 3. The van der Waals surface area contributed by atoms with E-state index in [0.717, 1.165) is 19.5 Å². The zero-order valence-electron chi connectivity index (χ0n) is 18.9. The van der Waals surface area contributed by atoms with Crippen LogP contribution in [-0.2, 0) is 0 Å². The molecule has 0 aromatic carbocycles. The van der Waals surface area contributed by atoms with Crippen molar-refractivity contribution in [2.24, 2.45) is 5.92 Å². The maximum Gasteiger partial charge on any atom is 0.0182 e. The first-order valence-electron chi connectivity index (χ1n) is 10.8. The highest BCUT2D eigenvalue weighted by atomic mass is 15.1. The number of hydrogen-bond acceptors (Lipinski definition) is 3. The van der Waals surface area contributed by atoms with Crippen LogP contribution in [0.3, 0.4) is 0 Å². The van der Waals surface area contributed by atoms with Gasteiger partial charge in [-0.1, -0.05) is 40.5 Å². The predicted octanol–water partition coefficient (Wildman–Crippen LogP) is 5.11. The first kappa shape index (κ1) is 24.9. The van der Waals surface area contributed by atoms with Crippen molar-refractivity contribution < 1.29 is 0 Å². The van der Waals surface area contributed by atoms with Gasteiger partial charge in [-0.2, -0.15) is 0 Å².